The summed E-state index contributed by atoms with van der Waals surface area (Å²) in [7, 11) is 0. The molecule has 1 atom stereocenters. The van der Waals surface area contributed by atoms with Crippen LogP contribution in [-0.4, -0.2) is 29.8 Å². The molecular weight excluding hydrogens is 323 g/mol. The largest absolute Gasteiger partial charge is 0.489 e. The van der Waals surface area contributed by atoms with Crippen LogP contribution in [0.25, 0.3) is 0 Å². The monoisotopic (exact) mass is 342 g/mol. The highest BCUT2D eigenvalue weighted by Gasteiger charge is 2.30. The minimum absolute atomic E-state index is 0.128. The molecule has 6 heteroatoms. The maximum absolute atomic E-state index is 13.2. The van der Waals surface area contributed by atoms with Crippen molar-refractivity contribution in [3.63, 3.8) is 0 Å². The molecular formula is C19H19FN2O3. The summed E-state index contributed by atoms with van der Waals surface area (Å²) in [5.41, 5.74) is 6.65. The van der Waals surface area contributed by atoms with Crippen LogP contribution in [0.5, 0.6) is 5.75 Å². The molecule has 1 heterocycles. The summed E-state index contributed by atoms with van der Waals surface area (Å²) >= 11 is 0. The quantitative estimate of drug-likeness (QED) is 0.906. The predicted octanol–water partition coefficient (Wildman–Crippen LogP) is 2.35. The van der Waals surface area contributed by atoms with Gasteiger partial charge in [-0.1, -0.05) is 18.2 Å². The Balaban J connectivity index is 1.65. The molecule has 2 N–H and O–H groups in total. The molecule has 3 rings (SSSR count). The first-order valence-electron chi connectivity index (χ1n) is 8.09. The molecule has 0 radical (unpaired) electrons. The highest BCUT2D eigenvalue weighted by atomic mass is 19.1. The number of halogens is 1. The van der Waals surface area contributed by atoms with E-state index in [0.717, 1.165) is 5.56 Å². The Labute approximate surface area is 145 Å². The second kappa shape index (κ2) is 7.34. The number of hydrogen-bond donors (Lipinski definition) is 1. The molecule has 130 valence electrons. The molecule has 0 saturated carbocycles. The van der Waals surface area contributed by atoms with Gasteiger partial charge in [-0.2, -0.15) is 0 Å². The second-order valence-electron chi connectivity index (χ2n) is 6.09. The van der Waals surface area contributed by atoms with Gasteiger partial charge in [0.1, 0.15) is 18.2 Å². The van der Waals surface area contributed by atoms with Gasteiger partial charge in [-0.05, 0) is 36.2 Å². The van der Waals surface area contributed by atoms with Gasteiger partial charge < -0.3 is 15.4 Å². The fraction of sp³-hybridized carbons (Fsp3) is 0.263. The molecule has 0 spiro atoms. The number of amides is 2. The van der Waals surface area contributed by atoms with Crippen LogP contribution in [0.1, 0.15) is 22.3 Å². The van der Waals surface area contributed by atoms with E-state index in [4.69, 9.17) is 10.5 Å². The Hall–Kier alpha value is -2.89. The summed E-state index contributed by atoms with van der Waals surface area (Å²) in [5.74, 6) is -0.701. The van der Waals surface area contributed by atoms with Crippen molar-refractivity contribution in [1.82, 2.24) is 4.90 Å². The lowest BCUT2D eigenvalue weighted by molar-refractivity contribution is -0.121. The van der Waals surface area contributed by atoms with Crippen LogP contribution in [0.2, 0.25) is 0 Å². The Morgan fingerprint density at radius 3 is 2.72 bits per heavy atom. The van der Waals surface area contributed by atoms with Crippen molar-refractivity contribution in [2.45, 2.75) is 13.0 Å². The first-order valence-corrected chi connectivity index (χ1v) is 8.09. The molecule has 1 aliphatic heterocycles. The molecule has 0 bridgehead atoms. The molecule has 1 saturated heterocycles. The van der Waals surface area contributed by atoms with E-state index in [2.05, 4.69) is 0 Å². The standard InChI is InChI=1S/C19H19FN2O3/c20-16-5-2-6-17(10-16)25-12-13-3-1-4-14(9-13)19(24)22-8-7-15(11-22)18(21)23/h1-6,9-10,15H,7-8,11-12H2,(H2,21,23)/t15-/m1/s1. The molecule has 2 aromatic rings. The molecule has 0 unspecified atom stereocenters. The molecule has 1 aliphatic rings. The number of nitrogens with zero attached hydrogens (tertiary/aromatic N) is 1. The SMILES string of the molecule is NC(=O)[C@@H]1CCN(C(=O)c2cccc(COc3cccc(F)c3)c2)C1. The summed E-state index contributed by atoms with van der Waals surface area (Å²) in [6, 6.07) is 13.0. The lowest BCUT2D eigenvalue weighted by atomic mass is 10.1. The topological polar surface area (TPSA) is 72.6 Å². The van der Waals surface area contributed by atoms with Crippen molar-refractivity contribution in [2.75, 3.05) is 13.1 Å². The third-order valence-electron chi connectivity index (χ3n) is 4.25. The zero-order valence-corrected chi connectivity index (χ0v) is 13.7. The summed E-state index contributed by atoms with van der Waals surface area (Å²) in [6.07, 6.45) is 0.601. The summed E-state index contributed by atoms with van der Waals surface area (Å²) in [5, 5.41) is 0. The fourth-order valence-electron chi connectivity index (χ4n) is 2.88. The number of hydrogen-bond acceptors (Lipinski definition) is 3. The van der Waals surface area contributed by atoms with E-state index in [1.54, 1.807) is 35.2 Å². The molecule has 1 fully saturated rings. The fourth-order valence-corrected chi connectivity index (χ4v) is 2.88. The van der Waals surface area contributed by atoms with E-state index in [0.29, 0.717) is 30.8 Å². The van der Waals surface area contributed by atoms with Gasteiger partial charge in [0, 0.05) is 24.7 Å². The zero-order chi connectivity index (χ0) is 17.8. The summed E-state index contributed by atoms with van der Waals surface area (Å²) < 4.78 is 18.7. The van der Waals surface area contributed by atoms with Gasteiger partial charge in [-0.3, -0.25) is 9.59 Å². The number of carbonyl (C=O) groups excluding carboxylic acids is 2. The van der Waals surface area contributed by atoms with Crippen LogP contribution in [0.15, 0.2) is 48.5 Å². The van der Waals surface area contributed by atoms with Gasteiger partial charge in [-0.15, -0.1) is 0 Å². The Morgan fingerprint density at radius 2 is 2.00 bits per heavy atom. The van der Waals surface area contributed by atoms with Crippen molar-refractivity contribution >= 4 is 11.8 Å². The van der Waals surface area contributed by atoms with Gasteiger partial charge in [0.2, 0.25) is 5.91 Å². The summed E-state index contributed by atoms with van der Waals surface area (Å²) in [6.45, 7) is 1.11. The predicted molar refractivity (Wildman–Crippen MR) is 90.4 cm³/mol. The van der Waals surface area contributed by atoms with Gasteiger partial charge in [-0.25, -0.2) is 4.39 Å². The number of primary amides is 1. The van der Waals surface area contributed by atoms with Crippen molar-refractivity contribution in [3.05, 3.63) is 65.5 Å². The smallest absolute Gasteiger partial charge is 0.253 e. The van der Waals surface area contributed by atoms with Gasteiger partial charge in [0.15, 0.2) is 0 Å². The third kappa shape index (κ3) is 4.15. The van der Waals surface area contributed by atoms with Gasteiger partial charge in [0.05, 0.1) is 5.92 Å². The van der Waals surface area contributed by atoms with Crippen LogP contribution in [0.4, 0.5) is 4.39 Å². The molecule has 5 nitrogen and oxygen atoms in total. The number of rotatable bonds is 5. The number of carbonyl (C=O) groups is 2. The van der Waals surface area contributed by atoms with E-state index in [9.17, 15) is 14.0 Å². The van der Waals surface area contributed by atoms with Gasteiger partial charge in [0.25, 0.3) is 5.91 Å². The van der Waals surface area contributed by atoms with Crippen molar-refractivity contribution < 1.29 is 18.7 Å². The minimum atomic E-state index is -0.368. The normalized spacial score (nSPS) is 16.7. The van der Waals surface area contributed by atoms with Crippen LogP contribution in [-0.2, 0) is 11.4 Å². The first kappa shape index (κ1) is 17.0. The molecule has 0 aromatic heterocycles. The van der Waals surface area contributed by atoms with E-state index >= 15 is 0 Å². The lowest BCUT2D eigenvalue weighted by Gasteiger charge is -2.16. The Kier molecular flexibility index (Phi) is 4.97. The van der Waals surface area contributed by atoms with Crippen molar-refractivity contribution in [1.29, 1.82) is 0 Å². The lowest BCUT2D eigenvalue weighted by Crippen LogP contribution is -2.31. The molecule has 25 heavy (non-hydrogen) atoms. The number of ether oxygens (including phenoxy) is 1. The van der Waals surface area contributed by atoms with Crippen LogP contribution in [0.3, 0.4) is 0 Å². The van der Waals surface area contributed by atoms with E-state index < -0.39 is 0 Å². The maximum atomic E-state index is 13.2. The van der Waals surface area contributed by atoms with E-state index in [1.165, 1.54) is 12.1 Å². The number of nitrogens with two attached hydrogens (primary N) is 1. The van der Waals surface area contributed by atoms with E-state index in [-0.39, 0.29) is 30.2 Å². The van der Waals surface area contributed by atoms with Crippen molar-refractivity contribution in [2.24, 2.45) is 11.7 Å². The van der Waals surface area contributed by atoms with Gasteiger partial charge >= 0.3 is 0 Å². The van der Waals surface area contributed by atoms with E-state index in [1.807, 2.05) is 6.07 Å². The number of benzene rings is 2. The number of likely N-dealkylation sites (tertiary alicyclic amines) is 1. The highest BCUT2D eigenvalue weighted by Crippen LogP contribution is 2.20. The van der Waals surface area contributed by atoms with Crippen molar-refractivity contribution in [3.8, 4) is 5.75 Å². The van der Waals surface area contributed by atoms with Crippen LogP contribution < -0.4 is 10.5 Å². The average molecular weight is 342 g/mol. The minimum Gasteiger partial charge on any atom is -0.489 e. The highest BCUT2D eigenvalue weighted by molar-refractivity contribution is 5.95. The second-order valence-corrected chi connectivity index (χ2v) is 6.09. The Bertz CT molecular complexity index is 794. The third-order valence-corrected chi connectivity index (χ3v) is 4.25. The Morgan fingerprint density at radius 1 is 1.20 bits per heavy atom. The molecule has 2 aromatic carbocycles. The first-order chi connectivity index (χ1) is 12.0. The molecule has 2 amide bonds. The molecule has 0 aliphatic carbocycles. The van der Waals surface area contributed by atoms with Crippen LogP contribution >= 0.6 is 0 Å². The maximum Gasteiger partial charge on any atom is 0.253 e. The van der Waals surface area contributed by atoms with Crippen LogP contribution in [0, 0.1) is 11.7 Å². The summed E-state index contributed by atoms with van der Waals surface area (Å²) in [4.78, 5) is 25.5. The zero-order valence-electron chi connectivity index (χ0n) is 13.7. The average Bonchev–Trinajstić information content (AvgIpc) is 3.10.